The molecule has 21 heavy (non-hydrogen) atoms. The second kappa shape index (κ2) is 5.58. The molecule has 7 heteroatoms. The van der Waals surface area contributed by atoms with Gasteiger partial charge in [0.2, 0.25) is 0 Å². The Balaban J connectivity index is 2.10. The molecule has 3 aromatic rings. The van der Waals surface area contributed by atoms with Gasteiger partial charge in [-0.1, -0.05) is 0 Å². The van der Waals surface area contributed by atoms with Crippen LogP contribution in [0.4, 0.5) is 0 Å². The highest BCUT2D eigenvalue weighted by Gasteiger charge is 2.13. The zero-order valence-electron chi connectivity index (χ0n) is 11.4. The summed E-state index contributed by atoms with van der Waals surface area (Å²) in [5, 5.41) is 8.26. The number of rotatable bonds is 4. The van der Waals surface area contributed by atoms with Crippen molar-refractivity contribution in [3.05, 3.63) is 54.6 Å². The first-order valence-electron chi connectivity index (χ1n) is 6.47. The first-order valence-corrected chi connectivity index (χ1v) is 6.47. The van der Waals surface area contributed by atoms with Crippen molar-refractivity contribution in [2.45, 2.75) is 6.92 Å². The molecule has 0 aliphatic rings. The van der Waals surface area contributed by atoms with Crippen molar-refractivity contribution in [3.63, 3.8) is 0 Å². The molecule has 0 aromatic carbocycles. The number of hydrogen-bond donors (Lipinski definition) is 0. The van der Waals surface area contributed by atoms with E-state index >= 15 is 0 Å². The van der Waals surface area contributed by atoms with Gasteiger partial charge >= 0.3 is 5.97 Å². The SMILES string of the molecule is CCOC(=O)c1cc(-n2cccn2)nc(-n2cccn2)c1. The van der Waals surface area contributed by atoms with Crippen LogP contribution in [0.2, 0.25) is 0 Å². The Morgan fingerprint density at radius 3 is 2.10 bits per heavy atom. The van der Waals surface area contributed by atoms with Crippen LogP contribution in [0.3, 0.4) is 0 Å². The molecule has 0 aliphatic heterocycles. The molecule has 0 N–H and O–H groups in total. The Hall–Kier alpha value is -2.96. The normalized spacial score (nSPS) is 10.5. The second-order valence-corrected chi connectivity index (χ2v) is 4.19. The first kappa shape index (κ1) is 13.0. The van der Waals surface area contributed by atoms with Gasteiger partial charge in [-0.3, -0.25) is 0 Å². The van der Waals surface area contributed by atoms with Crippen LogP contribution < -0.4 is 0 Å². The van der Waals surface area contributed by atoms with Crippen LogP contribution in [-0.2, 0) is 4.74 Å². The standard InChI is InChI=1S/C14H13N5O2/c1-2-21-14(20)11-9-12(18-7-3-5-15-18)17-13(10-11)19-8-4-6-16-19/h3-10H,2H2,1H3. The van der Waals surface area contributed by atoms with Gasteiger partial charge in [0.1, 0.15) is 0 Å². The van der Waals surface area contributed by atoms with E-state index in [1.54, 1.807) is 65.3 Å². The molecule has 0 fully saturated rings. The topological polar surface area (TPSA) is 74.8 Å². The lowest BCUT2D eigenvalue weighted by molar-refractivity contribution is 0.0526. The first-order chi connectivity index (χ1) is 10.3. The molecule has 3 aromatic heterocycles. The van der Waals surface area contributed by atoms with Crippen molar-refractivity contribution in [2.75, 3.05) is 6.61 Å². The highest BCUT2D eigenvalue weighted by atomic mass is 16.5. The Labute approximate surface area is 120 Å². The van der Waals surface area contributed by atoms with Gasteiger partial charge in [0.15, 0.2) is 11.6 Å². The minimum Gasteiger partial charge on any atom is -0.462 e. The number of carbonyl (C=O) groups is 1. The fourth-order valence-corrected chi connectivity index (χ4v) is 1.88. The Bertz CT molecular complexity index is 682. The molecular weight excluding hydrogens is 270 g/mol. The maximum atomic E-state index is 12.0. The summed E-state index contributed by atoms with van der Waals surface area (Å²) in [5.74, 6) is 0.647. The van der Waals surface area contributed by atoms with E-state index in [1.165, 1.54) is 0 Å². The zero-order chi connectivity index (χ0) is 14.7. The average molecular weight is 283 g/mol. The molecule has 0 unspecified atom stereocenters. The largest absolute Gasteiger partial charge is 0.462 e. The summed E-state index contributed by atoms with van der Waals surface area (Å²) in [6.07, 6.45) is 6.80. The van der Waals surface area contributed by atoms with E-state index in [2.05, 4.69) is 15.2 Å². The van der Waals surface area contributed by atoms with Gasteiger partial charge in [0.05, 0.1) is 12.2 Å². The van der Waals surface area contributed by atoms with Crippen LogP contribution in [0.5, 0.6) is 0 Å². The summed E-state index contributed by atoms with van der Waals surface area (Å²) in [6.45, 7) is 2.08. The molecule has 7 nitrogen and oxygen atoms in total. The zero-order valence-corrected chi connectivity index (χ0v) is 11.4. The predicted molar refractivity (Wildman–Crippen MR) is 74.4 cm³/mol. The van der Waals surface area contributed by atoms with Crippen molar-refractivity contribution >= 4 is 5.97 Å². The van der Waals surface area contributed by atoms with Crippen LogP contribution >= 0.6 is 0 Å². The molecule has 3 heterocycles. The van der Waals surface area contributed by atoms with E-state index in [9.17, 15) is 4.79 Å². The van der Waals surface area contributed by atoms with E-state index in [0.717, 1.165) is 0 Å². The summed E-state index contributed by atoms with van der Waals surface area (Å²) < 4.78 is 8.20. The molecule has 0 saturated heterocycles. The average Bonchev–Trinajstić information content (AvgIpc) is 3.20. The van der Waals surface area contributed by atoms with Gasteiger partial charge < -0.3 is 4.74 Å². The van der Waals surface area contributed by atoms with E-state index in [4.69, 9.17) is 4.74 Å². The maximum absolute atomic E-state index is 12.0. The molecule has 0 spiro atoms. The predicted octanol–water partition coefficient (Wildman–Crippen LogP) is 1.63. The van der Waals surface area contributed by atoms with Crippen LogP contribution in [0, 0.1) is 0 Å². The molecule has 0 amide bonds. The van der Waals surface area contributed by atoms with E-state index in [-0.39, 0.29) is 0 Å². The minimum absolute atomic E-state index is 0.315. The maximum Gasteiger partial charge on any atom is 0.338 e. The van der Waals surface area contributed by atoms with Crippen LogP contribution in [0.1, 0.15) is 17.3 Å². The van der Waals surface area contributed by atoms with Crippen LogP contribution in [0.25, 0.3) is 11.6 Å². The molecular formula is C14H13N5O2. The van der Waals surface area contributed by atoms with Crippen molar-refractivity contribution in [1.82, 2.24) is 24.5 Å². The highest BCUT2D eigenvalue weighted by molar-refractivity contribution is 5.90. The molecule has 0 atom stereocenters. The number of carbonyl (C=O) groups excluding carboxylic acids is 1. The lowest BCUT2D eigenvalue weighted by atomic mass is 10.2. The number of esters is 1. The van der Waals surface area contributed by atoms with Gasteiger partial charge in [-0.25, -0.2) is 19.1 Å². The van der Waals surface area contributed by atoms with Crippen molar-refractivity contribution in [1.29, 1.82) is 0 Å². The van der Waals surface area contributed by atoms with Gasteiger partial charge in [-0.2, -0.15) is 10.2 Å². The third kappa shape index (κ3) is 2.66. The van der Waals surface area contributed by atoms with Crippen molar-refractivity contribution in [2.24, 2.45) is 0 Å². The quantitative estimate of drug-likeness (QED) is 0.680. The number of hydrogen-bond acceptors (Lipinski definition) is 5. The van der Waals surface area contributed by atoms with Crippen molar-refractivity contribution < 1.29 is 9.53 Å². The fraction of sp³-hybridized carbons (Fsp3) is 0.143. The summed E-state index contributed by atoms with van der Waals surface area (Å²) in [6, 6.07) is 6.84. The molecule has 0 saturated carbocycles. The van der Waals surface area contributed by atoms with Gasteiger partial charge in [-0.05, 0) is 31.2 Å². The number of pyridine rings is 1. The summed E-state index contributed by atoms with van der Waals surface area (Å²) in [7, 11) is 0. The lowest BCUT2D eigenvalue weighted by Crippen LogP contribution is -2.10. The molecule has 0 aliphatic carbocycles. The lowest BCUT2D eigenvalue weighted by Gasteiger charge is -2.08. The highest BCUT2D eigenvalue weighted by Crippen LogP contribution is 2.14. The minimum atomic E-state index is -0.401. The Kier molecular flexibility index (Phi) is 3.46. The van der Waals surface area contributed by atoms with Gasteiger partial charge in [-0.15, -0.1) is 0 Å². The van der Waals surface area contributed by atoms with Crippen molar-refractivity contribution in [3.8, 4) is 11.6 Å². The summed E-state index contributed by atoms with van der Waals surface area (Å²) in [5.41, 5.74) is 0.405. The number of nitrogens with zero attached hydrogens (tertiary/aromatic N) is 5. The van der Waals surface area contributed by atoms with E-state index in [0.29, 0.717) is 23.8 Å². The van der Waals surface area contributed by atoms with E-state index in [1.807, 2.05) is 0 Å². The molecule has 3 rings (SSSR count). The molecule has 106 valence electrons. The smallest absolute Gasteiger partial charge is 0.338 e. The number of aromatic nitrogens is 5. The van der Waals surface area contributed by atoms with Crippen LogP contribution in [0.15, 0.2) is 49.1 Å². The van der Waals surface area contributed by atoms with E-state index < -0.39 is 5.97 Å². The third-order valence-corrected chi connectivity index (χ3v) is 2.79. The summed E-state index contributed by atoms with van der Waals surface area (Å²) >= 11 is 0. The fourth-order valence-electron chi connectivity index (χ4n) is 1.88. The molecule has 0 bridgehead atoms. The monoisotopic (exact) mass is 283 g/mol. The number of ether oxygens (including phenoxy) is 1. The Morgan fingerprint density at radius 2 is 1.67 bits per heavy atom. The molecule has 0 radical (unpaired) electrons. The summed E-state index contributed by atoms with van der Waals surface area (Å²) in [4.78, 5) is 16.4. The van der Waals surface area contributed by atoms with Crippen LogP contribution in [-0.4, -0.2) is 37.1 Å². The second-order valence-electron chi connectivity index (χ2n) is 4.19. The van der Waals surface area contributed by atoms with Gasteiger partial charge in [0, 0.05) is 24.8 Å². The van der Waals surface area contributed by atoms with Gasteiger partial charge in [0.25, 0.3) is 0 Å². The Morgan fingerprint density at radius 1 is 1.10 bits per heavy atom. The third-order valence-electron chi connectivity index (χ3n) is 2.79.